The van der Waals surface area contributed by atoms with E-state index >= 15 is 0 Å². The highest BCUT2D eigenvalue weighted by atomic mass is 32.1. The number of aromatic nitrogens is 1. The Balaban J connectivity index is 1.40. The molecule has 0 N–H and O–H groups in total. The van der Waals surface area contributed by atoms with Gasteiger partial charge >= 0.3 is 0 Å². The van der Waals surface area contributed by atoms with Crippen LogP contribution in [0.15, 0.2) is 146 Å². The first-order valence-electron chi connectivity index (χ1n) is 13.2. The monoisotopic (exact) mass is 516 g/mol. The number of benzene rings is 6. The Morgan fingerprint density at radius 2 is 1.03 bits per heavy atom. The molecule has 39 heavy (non-hydrogen) atoms. The SMILES string of the molecule is c1ccc(-n2c3ccccc3c3sc(N(c4ccc5ccccc5c4)c4ccc5ccccc5c4)cc32)cc1. The van der Waals surface area contributed by atoms with Gasteiger partial charge in [-0.15, -0.1) is 11.3 Å². The van der Waals surface area contributed by atoms with E-state index in [4.69, 9.17) is 0 Å². The van der Waals surface area contributed by atoms with E-state index in [1.165, 1.54) is 53.4 Å². The van der Waals surface area contributed by atoms with Gasteiger partial charge in [0.1, 0.15) is 5.00 Å². The highest BCUT2D eigenvalue weighted by Crippen LogP contribution is 2.46. The van der Waals surface area contributed by atoms with E-state index in [0.29, 0.717) is 0 Å². The summed E-state index contributed by atoms with van der Waals surface area (Å²) in [6.07, 6.45) is 0. The second kappa shape index (κ2) is 8.87. The number of thiophene rings is 1. The molecule has 8 aromatic rings. The molecule has 2 heterocycles. The van der Waals surface area contributed by atoms with Crippen LogP contribution in [-0.4, -0.2) is 4.57 Å². The highest BCUT2D eigenvalue weighted by molar-refractivity contribution is 7.24. The molecule has 0 aliphatic rings. The van der Waals surface area contributed by atoms with Crippen molar-refractivity contribution < 1.29 is 0 Å². The molecule has 0 bridgehead atoms. The van der Waals surface area contributed by atoms with Crippen molar-refractivity contribution in [1.29, 1.82) is 0 Å². The molecule has 184 valence electrons. The first kappa shape index (κ1) is 22.2. The van der Waals surface area contributed by atoms with Crippen molar-refractivity contribution in [3.63, 3.8) is 0 Å². The molecule has 0 aliphatic carbocycles. The van der Waals surface area contributed by atoms with Crippen molar-refractivity contribution >= 4 is 70.4 Å². The molecule has 8 rings (SSSR count). The topological polar surface area (TPSA) is 8.17 Å². The molecule has 0 fully saturated rings. The zero-order valence-electron chi connectivity index (χ0n) is 21.2. The number of anilines is 3. The summed E-state index contributed by atoms with van der Waals surface area (Å²) in [5, 5.41) is 7.45. The lowest BCUT2D eigenvalue weighted by Gasteiger charge is -2.24. The van der Waals surface area contributed by atoms with Crippen LogP contribution in [0.4, 0.5) is 16.4 Å². The number of rotatable bonds is 4. The highest BCUT2D eigenvalue weighted by Gasteiger charge is 2.21. The van der Waals surface area contributed by atoms with Gasteiger partial charge < -0.3 is 9.47 Å². The van der Waals surface area contributed by atoms with Crippen LogP contribution >= 0.6 is 11.3 Å². The second-order valence-electron chi connectivity index (χ2n) is 9.89. The summed E-state index contributed by atoms with van der Waals surface area (Å²) in [4.78, 5) is 2.41. The number of fused-ring (bicyclic) bond motifs is 5. The van der Waals surface area contributed by atoms with E-state index in [1.807, 2.05) is 11.3 Å². The lowest BCUT2D eigenvalue weighted by atomic mass is 10.1. The molecule has 0 amide bonds. The maximum atomic E-state index is 2.41. The molecule has 0 aliphatic heterocycles. The zero-order valence-corrected chi connectivity index (χ0v) is 22.0. The minimum atomic E-state index is 1.16. The Bertz CT molecular complexity index is 2060. The third-order valence-electron chi connectivity index (χ3n) is 7.55. The van der Waals surface area contributed by atoms with E-state index in [2.05, 4.69) is 155 Å². The lowest BCUT2D eigenvalue weighted by Crippen LogP contribution is -2.08. The third kappa shape index (κ3) is 3.63. The summed E-state index contributed by atoms with van der Waals surface area (Å²) in [7, 11) is 0. The molecule has 0 saturated carbocycles. The number of para-hydroxylation sites is 2. The quantitative estimate of drug-likeness (QED) is 0.226. The maximum absolute atomic E-state index is 2.41. The summed E-state index contributed by atoms with van der Waals surface area (Å²) in [5.41, 5.74) is 5.95. The number of hydrogen-bond donors (Lipinski definition) is 0. The van der Waals surface area contributed by atoms with Crippen LogP contribution < -0.4 is 4.90 Å². The van der Waals surface area contributed by atoms with E-state index in [-0.39, 0.29) is 0 Å². The van der Waals surface area contributed by atoms with Gasteiger partial charge in [-0.05, 0) is 70.1 Å². The van der Waals surface area contributed by atoms with Crippen molar-refractivity contribution in [2.24, 2.45) is 0 Å². The van der Waals surface area contributed by atoms with Gasteiger partial charge in [-0.2, -0.15) is 0 Å². The maximum Gasteiger partial charge on any atom is 0.103 e. The van der Waals surface area contributed by atoms with Gasteiger partial charge in [0.2, 0.25) is 0 Å². The van der Waals surface area contributed by atoms with Crippen LogP contribution in [0.25, 0.3) is 48.4 Å². The number of hydrogen-bond acceptors (Lipinski definition) is 2. The van der Waals surface area contributed by atoms with Gasteiger partial charge in [-0.1, -0.05) is 97.1 Å². The fourth-order valence-corrected chi connectivity index (χ4v) is 6.94. The largest absolute Gasteiger partial charge is 0.308 e. The average Bonchev–Trinajstić information content (AvgIpc) is 3.55. The van der Waals surface area contributed by atoms with Gasteiger partial charge in [0.05, 0.1) is 15.7 Å². The van der Waals surface area contributed by atoms with Crippen molar-refractivity contribution in [3.8, 4) is 5.69 Å². The minimum absolute atomic E-state index is 1.16. The van der Waals surface area contributed by atoms with Crippen molar-refractivity contribution in [1.82, 2.24) is 4.57 Å². The standard InChI is InChI=1S/C36H24N2S/c1-2-14-29(15-3-1)38-33-17-9-8-16-32(33)36-34(38)24-35(39-36)37(30-20-18-25-10-4-6-12-27(25)22-30)31-21-19-26-11-5-7-13-28(26)23-31/h1-24H. The first-order valence-corrected chi connectivity index (χ1v) is 14.0. The Labute approximate surface area is 230 Å². The molecule has 0 unspecified atom stereocenters. The fourth-order valence-electron chi connectivity index (χ4n) is 5.72. The molecule has 0 atom stereocenters. The fraction of sp³-hybridized carbons (Fsp3) is 0. The predicted molar refractivity (Wildman–Crippen MR) is 168 cm³/mol. The van der Waals surface area contributed by atoms with E-state index in [0.717, 1.165) is 11.4 Å². The van der Waals surface area contributed by atoms with Crippen LogP contribution in [0.5, 0.6) is 0 Å². The zero-order chi connectivity index (χ0) is 25.8. The normalized spacial score (nSPS) is 11.6. The van der Waals surface area contributed by atoms with Crippen LogP contribution in [0.1, 0.15) is 0 Å². The van der Waals surface area contributed by atoms with Gasteiger partial charge in [0.15, 0.2) is 0 Å². The molecule has 3 heteroatoms. The Hall–Kier alpha value is -4.86. The van der Waals surface area contributed by atoms with Gasteiger partial charge in [0.25, 0.3) is 0 Å². The van der Waals surface area contributed by atoms with Gasteiger partial charge in [-0.25, -0.2) is 0 Å². The third-order valence-corrected chi connectivity index (χ3v) is 8.69. The van der Waals surface area contributed by atoms with Gasteiger partial charge in [0, 0.05) is 22.4 Å². The van der Waals surface area contributed by atoms with E-state index in [1.54, 1.807) is 0 Å². The average molecular weight is 517 g/mol. The summed E-state index contributed by atoms with van der Waals surface area (Å²) in [6.45, 7) is 0. The van der Waals surface area contributed by atoms with Crippen molar-refractivity contribution in [2.45, 2.75) is 0 Å². The molecular weight excluding hydrogens is 492 g/mol. The predicted octanol–water partition coefficient (Wildman–Crippen LogP) is 10.6. The Morgan fingerprint density at radius 1 is 0.462 bits per heavy atom. The van der Waals surface area contributed by atoms with Gasteiger partial charge in [-0.3, -0.25) is 0 Å². The van der Waals surface area contributed by atoms with Crippen molar-refractivity contribution in [2.75, 3.05) is 4.90 Å². The molecule has 2 aromatic heterocycles. The number of nitrogens with zero attached hydrogens (tertiary/aromatic N) is 2. The second-order valence-corrected chi connectivity index (χ2v) is 10.9. The van der Waals surface area contributed by atoms with Crippen LogP contribution in [0.3, 0.4) is 0 Å². The smallest absolute Gasteiger partial charge is 0.103 e. The molecule has 0 spiro atoms. The summed E-state index contributed by atoms with van der Waals surface area (Å²) in [5.74, 6) is 0. The minimum Gasteiger partial charge on any atom is -0.308 e. The molecule has 0 saturated heterocycles. The van der Waals surface area contributed by atoms with E-state index < -0.39 is 0 Å². The lowest BCUT2D eigenvalue weighted by molar-refractivity contribution is 1.18. The summed E-state index contributed by atoms with van der Waals surface area (Å²) in [6, 6.07) is 52.5. The molecule has 2 nitrogen and oxygen atoms in total. The molecular formula is C36H24N2S. The van der Waals surface area contributed by atoms with Crippen LogP contribution in [0.2, 0.25) is 0 Å². The van der Waals surface area contributed by atoms with Crippen molar-refractivity contribution in [3.05, 3.63) is 146 Å². The first-order chi connectivity index (χ1) is 19.3. The Kier molecular flexibility index (Phi) is 5.04. The van der Waals surface area contributed by atoms with Crippen LogP contribution in [-0.2, 0) is 0 Å². The van der Waals surface area contributed by atoms with E-state index in [9.17, 15) is 0 Å². The summed E-state index contributed by atoms with van der Waals surface area (Å²) >= 11 is 1.86. The molecule has 0 radical (unpaired) electrons. The van der Waals surface area contributed by atoms with Crippen LogP contribution in [0, 0.1) is 0 Å². The Morgan fingerprint density at radius 3 is 1.69 bits per heavy atom. The molecule has 6 aromatic carbocycles. The summed E-state index contributed by atoms with van der Waals surface area (Å²) < 4.78 is 3.69.